The predicted octanol–water partition coefficient (Wildman–Crippen LogP) is 14.8. The molecule has 0 fully saturated rings. The Hall–Kier alpha value is -6.42. The van der Waals surface area contributed by atoms with Gasteiger partial charge in [0.1, 0.15) is 0 Å². The second-order valence-electron chi connectivity index (χ2n) is 16.3. The summed E-state index contributed by atoms with van der Waals surface area (Å²) in [6.45, 7) is 9.29. The number of hydrogen-bond acceptors (Lipinski definition) is 1. The molecular formula is C53H38N2S. The van der Waals surface area contributed by atoms with Crippen molar-refractivity contribution in [2.45, 2.75) is 33.1 Å². The maximum Gasteiger partial charge on any atom is 0.0555 e. The van der Waals surface area contributed by atoms with Crippen LogP contribution in [-0.4, -0.2) is 9.13 Å². The Bertz CT molecular complexity index is 3420. The zero-order chi connectivity index (χ0) is 37.4. The minimum atomic E-state index is -0.0827. The fourth-order valence-corrected chi connectivity index (χ4v) is 11.2. The molecule has 0 saturated heterocycles. The molecule has 0 saturated carbocycles. The number of fused-ring (bicyclic) bond motifs is 12. The topological polar surface area (TPSA) is 9.86 Å². The summed E-state index contributed by atoms with van der Waals surface area (Å²) in [5.41, 5.74) is 17.9. The van der Waals surface area contributed by atoms with Crippen molar-refractivity contribution < 1.29 is 0 Å². The zero-order valence-electron chi connectivity index (χ0n) is 31.8. The van der Waals surface area contributed by atoms with Gasteiger partial charge in [0.2, 0.25) is 0 Å². The number of hydrogen-bond donors (Lipinski definition) is 0. The van der Waals surface area contributed by atoms with E-state index in [0.717, 1.165) is 0 Å². The van der Waals surface area contributed by atoms with Crippen molar-refractivity contribution in [2.24, 2.45) is 0 Å². The highest BCUT2D eigenvalue weighted by atomic mass is 32.1. The normalized spacial score (nSPS) is 13.5. The fourth-order valence-electron chi connectivity index (χ4n) is 10.1. The summed E-state index contributed by atoms with van der Waals surface area (Å²) in [7, 11) is 0. The Morgan fingerprint density at radius 3 is 1.61 bits per heavy atom. The van der Waals surface area contributed by atoms with Crippen LogP contribution in [0.3, 0.4) is 0 Å². The van der Waals surface area contributed by atoms with Crippen LogP contribution in [0.2, 0.25) is 0 Å². The van der Waals surface area contributed by atoms with Gasteiger partial charge >= 0.3 is 0 Å². The van der Waals surface area contributed by atoms with E-state index in [-0.39, 0.29) is 5.41 Å². The van der Waals surface area contributed by atoms with Crippen molar-refractivity contribution in [3.8, 4) is 33.6 Å². The van der Waals surface area contributed by atoms with Crippen molar-refractivity contribution in [1.29, 1.82) is 0 Å². The standard InChI is InChI=1S/C53H38N2S/c1-31-25-33(54-47-18-10-6-14-38(47)39-15-7-11-19-48(39)54)21-23-35(31)36-24-22-34(26-32(36)2)55-49-29-46-41(37-13-5-9-17-45(37)53(46,3)4)27-42(49)43-28-44-40-16-8-12-20-51(40)56-52(44)30-50(43)55/h5-30H,1-4H3. The third-order valence-electron chi connectivity index (χ3n) is 12.8. The summed E-state index contributed by atoms with van der Waals surface area (Å²) in [4.78, 5) is 0. The van der Waals surface area contributed by atoms with Crippen LogP contribution in [-0.2, 0) is 5.41 Å². The van der Waals surface area contributed by atoms with E-state index in [0.29, 0.717) is 0 Å². The van der Waals surface area contributed by atoms with Crippen LogP contribution in [0.4, 0.5) is 0 Å². The molecule has 56 heavy (non-hydrogen) atoms. The lowest BCUT2D eigenvalue weighted by Gasteiger charge is -2.21. The van der Waals surface area contributed by atoms with Crippen molar-refractivity contribution in [3.63, 3.8) is 0 Å². The lowest BCUT2D eigenvalue weighted by molar-refractivity contribution is 0.661. The molecule has 3 aromatic heterocycles. The maximum atomic E-state index is 2.53. The van der Waals surface area contributed by atoms with Crippen LogP contribution in [0.5, 0.6) is 0 Å². The van der Waals surface area contributed by atoms with Gasteiger partial charge in [-0.25, -0.2) is 0 Å². The molecule has 0 bridgehead atoms. The van der Waals surface area contributed by atoms with E-state index in [1.807, 2.05) is 11.3 Å². The van der Waals surface area contributed by atoms with Gasteiger partial charge < -0.3 is 9.13 Å². The smallest absolute Gasteiger partial charge is 0.0555 e. The van der Waals surface area contributed by atoms with E-state index in [9.17, 15) is 0 Å². The van der Waals surface area contributed by atoms with Gasteiger partial charge in [0.05, 0.1) is 22.1 Å². The Morgan fingerprint density at radius 2 is 0.929 bits per heavy atom. The molecule has 0 spiro atoms. The molecule has 0 N–H and O–H groups in total. The fraction of sp³-hybridized carbons (Fsp3) is 0.0943. The van der Waals surface area contributed by atoms with E-state index in [4.69, 9.17) is 0 Å². The number of rotatable bonds is 3. The summed E-state index contributed by atoms with van der Waals surface area (Å²) in [5, 5.41) is 7.85. The van der Waals surface area contributed by atoms with Crippen LogP contribution in [0, 0.1) is 13.8 Å². The minimum Gasteiger partial charge on any atom is -0.309 e. The summed E-state index contributed by atoms with van der Waals surface area (Å²) >= 11 is 1.89. The highest BCUT2D eigenvalue weighted by molar-refractivity contribution is 7.25. The van der Waals surface area contributed by atoms with Crippen molar-refractivity contribution in [2.75, 3.05) is 0 Å². The number of para-hydroxylation sites is 2. The summed E-state index contributed by atoms with van der Waals surface area (Å²) in [6.07, 6.45) is 0. The number of thiophene rings is 1. The van der Waals surface area contributed by atoms with Crippen LogP contribution in [0.15, 0.2) is 158 Å². The average Bonchev–Trinajstić information content (AvgIpc) is 3.91. The first-order chi connectivity index (χ1) is 27.3. The van der Waals surface area contributed by atoms with E-state index in [1.54, 1.807) is 0 Å². The van der Waals surface area contributed by atoms with Gasteiger partial charge in [-0.1, -0.05) is 105 Å². The lowest BCUT2D eigenvalue weighted by atomic mass is 9.82. The van der Waals surface area contributed by atoms with Crippen LogP contribution < -0.4 is 0 Å². The molecule has 266 valence electrons. The van der Waals surface area contributed by atoms with Gasteiger partial charge in [0.15, 0.2) is 0 Å². The second kappa shape index (κ2) is 11.3. The largest absolute Gasteiger partial charge is 0.309 e. The van der Waals surface area contributed by atoms with E-state index < -0.39 is 0 Å². The zero-order valence-corrected chi connectivity index (χ0v) is 32.6. The number of benzene rings is 8. The van der Waals surface area contributed by atoms with E-state index in [1.165, 1.54) is 120 Å². The molecule has 12 rings (SSSR count). The monoisotopic (exact) mass is 734 g/mol. The SMILES string of the molecule is Cc1cc(-n2c3ccccc3c3ccccc32)ccc1-c1ccc(-n2c3cc4c(cc3c3cc5c(cc32)sc2ccccc25)-c2ccccc2C4(C)C)cc1C. The van der Waals surface area contributed by atoms with Gasteiger partial charge in [-0.2, -0.15) is 0 Å². The lowest BCUT2D eigenvalue weighted by Crippen LogP contribution is -2.14. The van der Waals surface area contributed by atoms with Crippen molar-refractivity contribution in [1.82, 2.24) is 9.13 Å². The summed E-state index contributed by atoms with van der Waals surface area (Å²) in [5.74, 6) is 0. The molecule has 2 nitrogen and oxygen atoms in total. The average molecular weight is 735 g/mol. The Morgan fingerprint density at radius 1 is 0.375 bits per heavy atom. The molecule has 3 heterocycles. The Kier molecular flexibility index (Phi) is 6.44. The highest BCUT2D eigenvalue weighted by Gasteiger charge is 2.36. The molecule has 1 aliphatic rings. The molecular weight excluding hydrogens is 697 g/mol. The third kappa shape index (κ3) is 4.26. The molecule has 0 atom stereocenters. The quantitative estimate of drug-likeness (QED) is 0.171. The molecule has 1 aliphatic carbocycles. The Labute approximate surface area is 329 Å². The second-order valence-corrected chi connectivity index (χ2v) is 17.3. The van der Waals surface area contributed by atoms with Gasteiger partial charge in [0, 0.05) is 58.5 Å². The first kappa shape index (κ1) is 31.9. The van der Waals surface area contributed by atoms with E-state index >= 15 is 0 Å². The van der Waals surface area contributed by atoms with E-state index in [2.05, 4.69) is 195 Å². The number of aryl methyl sites for hydroxylation is 2. The first-order valence-electron chi connectivity index (χ1n) is 19.6. The molecule has 0 amide bonds. The van der Waals surface area contributed by atoms with Gasteiger partial charge in [-0.05, 0) is 125 Å². The number of aromatic nitrogens is 2. The highest BCUT2D eigenvalue weighted by Crippen LogP contribution is 2.51. The summed E-state index contributed by atoms with van der Waals surface area (Å²) in [6, 6.07) is 59.2. The summed E-state index contributed by atoms with van der Waals surface area (Å²) < 4.78 is 7.60. The molecule has 3 heteroatoms. The van der Waals surface area contributed by atoms with Gasteiger partial charge in [-0.15, -0.1) is 11.3 Å². The van der Waals surface area contributed by atoms with Crippen molar-refractivity contribution in [3.05, 3.63) is 180 Å². The van der Waals surface area contributed by atoms with Gasteiger partial charge in [-0.3, -0.25) is 0 Å². The van der Waals surface area contributed by atoms with Crippen LogP contribution in [0.1, 0.15) is 36.1 Å². The molecule has 8 aromatic carbocycles. The van der Waals surface area contributed by atoms with Crippen molar-refractivity contribution >= 4 is 75.1 Å². The van der Waals surface area contributed by atoms with Crippen LogP contribution >= 0.6 is 11.3 Å². The molecule has 0 unspecified atom stereocenters. The molecule has 0 aliphatic heterocycles. The number of nitrogens with zero attached hydrogens (tertiary/aromatic N) is 2. The molecule has 11 aromatic rings. The maximum absolute atomic E-state index is 2.53. The minimum absolute atomic E-state index is 0.0827. The van der Waals surface area contributed by atoms with Crippen LogP contribution in [0.25, 0.3) is 97.4 Å². The third-order valence-corrected chi connectivity index (χ3v) is 13.9. The predicted molar refractivity (Wildman–Crippen MR) is 240 cm³/mol. The van der Waals surface area contributed by atoms with Gasteiger partial charge in [0.25, 0.3) is 0 Å². The molecule has 0 radical (unpaired) electrons. The first-order valence-corrected chi connectivity index (χ1v) is 20.4. The Balaban J connectivity index is 1.05.